The van der Waals surface area contributed by atoms with Crippen molar-refractivity contribution in [2.75, 3.05) is 25.0 Å². The van der Waals surface area contributed by atoms with E-state index in [1.165, 1.54) is 9.87 Å². The van der Waals surface area contributed by atoms with Gasteiger partial charge in [0.1, 0.15) is 0 Å². The van der Waals surface area contributed by atoms with Gasteiger partial charge in [0.15, 0.2) is 0 Å². The first kappa shape index (κ1) is 13.9. The first-order chi connectivity index (χ1) is 9.46. The Labute approximate surface area is 120 Å². The second-order valence-electron chi connectivity index (χ2n) is 5.58. The predicted octanol–water partition coefficient (Wildman–Crippen LogP) is 1.45. The van der Waals surface area contributed by atoms with Gasteiger partial charge in [-0.25, -0.2) is 8.42 Å². The number of nitrogens with zero attached hydrogens (tertiary/aromatic N) is 1. The number of ether oxygens (including phenoxy) is 1. The van der Waals surface area contributed by atoms with E-state index in [2.05, 4.69) is 5.32 Å². The van der Waals surface area contributed by atoms with Crippen LogP contribution in [0.1, 0.15) is 19.4 Å². The second-order valence-corrected chi connectivity index (χ2v) is 7.51. The number of hydrogen-bond acceptors (Lipinski definition) is 4. The van der Waals surface area contributed by atoms with Gasteiger partial charge >= 0.3 is 0 Å². The number of morpholine rings is 1. The van der Waals surface area contributed by atoms with Gasteiger partial charge < -0.3 is 10.1 Å². The molecule has 0 spiro atoms. The molecule has 0 aromatic heterocycles. The highest BCUT2D eigenvalue weighted by Gasteiger charge is 2.32. The average molecular weight is 296 g/mol. The van der Waals surface area contributed by atoms with Crippen molar-refractivity contribution in [2.24, 2.45) is 0 Å². The summed E-state index contributed by atoms with van der Waals surface area (Å²) in [6.45, 7) is 5.52. The van der Waals surface area contributed by atoms with E-state index in [-0.39, 0.29) is 12.2 Å². The summed E-state index contributed by atoms with van der Waals surface area (Å²) in [5, 5.41) is 3.23. The lowest BCUT2D eigenvalue weighted by Crippen LogP contribution is -2.48. The monoisotopic (exact) mass is 296 g/mol. The molecule has 6 heteroatoms. The van der Waals surface area contributed by atoms with Crippen LogP contribution in [0.5, 0.6) is 0 Å². The summed E-state index contributed by atoms with van der Waals surface area (Å²) in [6, 6.07) is 5.38. The predicted molar refractivity (Wildman–Crippen MR) is 77.4 cm³/mol. The summed E-state index contributed by atoms with van der Waals surface area (Å²) in [5.41, 5.74) is 2.13. The fourth-order valence-electron chi connectivity index (χ4n) is 2.91. The van der Waals surface area contributed by atoms with Crippen LogP contribution in [0.3, 0.4) is 0 Å². The summed E-state index contributed by atoms with van der Waals surface area (Å²) in [4.78, 5) is 0.368. The third-order valence-electron chi connectivity index (χ3n) is 3.82. The lowest BCUT2D eigenvalue weighted by Gasteiger charge is -2.34. The first-order valence-corrected chi connectivity index (χ1v) is 8.43. The molecule has 0 bridgehead atoms. The van der Waals surface area contributed by atoms with Crippen LogP contribution < -0.4 is 5.32 Å². The standard InChI is InChI=1S/C14H20N2O3S/c1-10-8-16(9-11(2)19-10)20(17,18)13-4-3-12-5-6-15-14(12)7-13/h3-4,7,10-11,15H,5-6,8-9H2,1-2H3/t10-,11+. The molecular formula is C14H20N2O3S. The molecule has 1 aromatic carbocycles. The van der Waals surface area contributed by atoms with Crippen LogP contribution in [0, 0.1) is 0 Å². The van der Waals surface area contributed by atoms with Gasteiger partial charge in [-0.2, -0.15) is 4.31 Å². The van der Waals surface area contributed by atoms with Gasteiger partial charge in [0.05, 0.1) is 17.1 Å². The van der Waals surface area contributed by atoms with E-state index in [0.29, 0.717) is 18.0 Å². The quantitative estimate of drug-likeness (QED) is 0.897. The summed E-state index contributed by atoms with van der Waals surface area (Å²) < 4.78 is 32.6. The molecule has 5 nitrogen and oxygen atoms in total. The van der Waals surface area contributed by atoms with Crippen molar-refractivity contribution in [1.29, 1.82) is 0 Å². The van der Waals surface area contributed by atoms with E-state index in [4.69, 9.17) is 4.74 Å². The van der Waals surface area contributed by atoms with E-state index in [1.54, 1.807) is 12.1 Å². The maximum Gasteiger partial charge on any atom is 0.243 e. The minimum atomic E-state index is -3.44. The fourth-order valence-corrected chi connectivity index (χ4v) is 4.52. The Morgan fingerprint density at radius 1 is 1.25 bits per heavy atom. The van der Waals surface area contributed by atoms with Crippen LogP contribution in [0.2, 0.25) is 0 Å². The summed E-state index contributed by atoms with van der Waals surface area (Å²) in [7, 11) is -3.44. The minimum Gasteiger partial charge on any atom is -0.384 e. The average Bonchev–Trinajstić information content (AvgIpc) is 2.84. The third kappa shape index (κ3) is 2.43. The molecule has 3 rings (SSSR count). The molecule has 0 aliphatic carbocycles. The topological polar surface area (TPSA) is 58.6 Å². The zero-order valence-corrected chi connectivity index (χ0v) is 12.6. The Balaban J connectivity index is 1.91. The summed E-state index contributed by atoms with van der Waals surface area (Å²) in [5.74, 6) is 0. The molecule has 2 heterocycles. The van der Waals surface area contributed by atoms with Crippen molar-refractivity contribution in [3.05, 3.63) is 23.8 Å². The molecule has 20 heavy (non-hydrogen) atoms. The Morgan fingerprint density at radius 3 is 2.65 bits per heavy atom. The van der Waals surface area contributed by atoms with Crippen molar-refractivity contribution in [3.63, 3.8) is 0 Å². The van der Waals surface area contributed by atoms with Gasteiger partial charge in [-0.05, 0) is 38.0 Å². The maximum atomic E-state index is 12.7. The molecule has 0 unspecified atom stereocenters. The van der Waals surface area contributed by atoms with Gasteiger partial charge in [0.2, 0.25) is 10.0 Å². The normalized spacial score (nSPS) is 27.1. The molecule has 2 aliphatic heterocycles. The van der Waals surface area contributed by atoms with Gasteiger partial charge in [-0.3, -0.25) is 0 Å². The lowest BCUT2D eigenvalue weighted by molar-refractivity contribution is -0.0440. The first-order valence-electron chi connectivity index (χ1n) is 6.99. The SMILES string of the molecule is C[C@@H]1CN(S(=O)(=O)c2ccc3c(c2)NCC3)C[C@H](C)O1. The maximum absolute atomic E-state index is 12.7. The molecule has 1 N–H and O–H groups in total. The Kier molecular flexibility index (Phi) is 3.48. The molecule has 1 fully saturated rings. The molecule has 2 atom stereocenters. The highest BCUT2D eigenvalue weighted by Crippen LogP contribution is 2.28. The Hall–Kier alpha value is -1.11. The van der Waals surface area contributed by atoms with Gasteiger partial charge in [0, 0.05) is 25.3 Å². The number of anilines is 1. The second kappa shape index (κ2) is 5.02. The molecule has 0 radical (unpaired) electrons. The lowest BCUT2D eigenvalue weighted by atomic mass is 10.2. The van der Waals surface area contributed by atoms with Crippen LogP contribution in [0.15, 0.2) is 23.1 Å². The molecule has 0 amide bonds. The number of hydrogen-bond donors (Lipinski definition) is 1. The highest BCUT2D eigenvalue weighted by atomic mass is 32.2. The Morgan fingerprint density at radius 2 is 1.95 bits per heavy atom. The van der Waals surface area contributed by atoms with Crippen LogP contribution in [0.25, 0.3) is 0 Å². The molecular weight excluding hydrogens is 276 g/mol. The van der Waals surface area contributed by atoms with E-state index in [0.717, 1.165) is 18.7 Å². The molecule has 2 aliphatic rings. The molecule has 110 valence electrons. The van der Waals surface area contributed by atoms with E-state index >= 15 is 0 Å². The van der Waals surface area contributed by atoms with Crippen LogP contribution in [0.4, 0.5) is 5.69 Å². The highest BCUT2D eigenvalue weighted by molar-refractivity contribution is 7.89. The van der Waals surface area contributed by atoms with E-state index in [9.17, 15) is 8.42 Å². The molecule has 1 aromatic rings. The smallest absolute Gasteiger partial charge is 0.243 e. The van der Waals surface area contributed by atoms with Crippen molar-refractivity contribution < 1.29 is 13.2 Å². The number of fused-ring (bicyclic) bond motifs is 1. The minimum absolute atomic E-state index is 0.0684. The summed E-state index contributed by atoms with van der Waals surface area (Å²) >= 11 is 0. The van der Waals surface area contributed by atoms with Crippen molar-refractivity contribution in [1.82, 2.24) is 4.31 Å². The van der Waals surface area contributed by atoms with E-state index < -0.39 is 10.0 Å². The zero-order chi connectivity index (χ0) is 14.3. The molecule has 1 saturated heterocycles. The summed E-state index contributed by atoms with van der Waals surface area (Å²) in [6.07, 6.45) is 0.823. The Bertz CT molecular complexity index is 605. The molecule has 0 saturated carbocycles. The number of sulfonamides is 1. The van der Waals surface area contributed by atoms with Gasteiger partial charge in [-0.1, -0.05) is 6.07 Å². The van der Waals surface area contributed by atoms with Crippen LogP contribution in [-0.4, -0.2) is 44.6 Å². The largest absolute Gasteiger partial charge is 0.384 e. The fraction of sp³-hybridized carbons (Fsp3) is 0.571. The van der Waals surface area contributed by atoms with Crippen molar-refractivity contribution in [2.45, 2.75) is 37.4 Å². The van der Waals surface area contributed by atoms with Crippen molar-refractivity contribution >= 4 is 15.7 Å². The van der Waals surface area contributed by atoms with E-state index in [1.807, 2.05) is 19.9 Å². The van der Waals surface area contributed by atoms with Crippen LogP contribution >= 0.6 is 0 Å². The number of nitrogens with one attached hydrogen (secondary N) is 1. The zero-order valence-electron chi connectivity index (χ0n) is 11.8. The number of benzene rings is 1. The van der Waals surface area contributed by atoms with Crippen molar-refractivity contribution in [3.8, 4) is 0 Å². The van der Waals surface area contributed by atoms with Crippen LogP contribution in [-0.2, 0) is 21.2 Å². The van der Waals surface area contributed by atoms with Gasteiger partial charge in [0.25, 0.3) is 0 Å². The number of rotatable bonds is 2. The third-order valence-corrected chi connectivity index (χ3v) is 5.64. The van der Waals surface area contributed by atoms with Gasteiger partial charge in [-0.15, -0.1) is 0 Å².